The van der Waals surface area contributed by atoms with E-state index in [2.05, 4.69) is 15.2 Å². The van der Waals surface area contributed by atoms with Gasteiger partial charge < -0.3 is 15.0 Å². The van der Waals surface area contributed by atoms with Crippen LogP contribution in [-0.4, -0.2) is 69.0 Å². The number of esters is 1. The standard InChI is InChI=1S/C35H40F2N6O3S/c1-4-5-9-33(44)46-26-8-6-7-23(16-26)20-41-15-14-35(2,22-41)39-34(45)29-19-38-31-12-13-32(40-43(29)31)42-21-25(37)18-28(42)27-17-24(36)10-11-30(27)47-3/h6-8,10-13,16-17,19,25,28H,4-5,9,14-15,18,20-22H2,1-3H3,(H,39,45)/t25-,28+,35+/m0/s1. The SMILES string of the molecule is CCCCC(=O)Oc1cccc(CN2CC[C@@](C)(NC(=O)c3cnc4ccc(N5C[C@@H](F)C[C@@H]5c5cc(F)ccc5SC)nn34)C2)c1. The molecule has 0 bridgehead atoms. The molecule has 2 saturated heterocycles. The lowest BCUT2D eigenvalue weighted by Crippen LogP contribution is -2.48. The number of hydrogen-bond acceptors (Lipinski definition) is 8. The van der Waals surface area contributed by atoms with Gasteiger partial charge in [-0.15, -0.1) is 16.9 Å². The number of anilines is 1. The smallest absolute Gasteiger partial charge is 0.311 e. The van der Waals surface area contributed by atoms with Crippen LogP contribution in [0.25, 0.3) is 5.65 Å². The number of hydrogen-bond donors (Lipinski definition) is 1. The third kappa shape index (κ3) is 7.43. The molecule has 2 aliphatic rings. The maximum Gasteiger partial charge on any atom is 0.311 e. The first-order valence-electron chi connectivity index (χ1n) is 16.1. The molecule has 0 saturated carbocycles. The Morgan fingerprint density at radius 3 is 2.83 bits per heavy atom. The van der Waals surface area contributed by atoms with Crippen LogP contribution in [0.4, 0.5) is 14.6 Å². The molecule has 6 rings (SSSR count). The lowest BCUT2D eigenvalue weighted by molar-refractivity contribution is -0.134. The number of rotatable bonds is 11. The number of thioether (sulfide) groups is 1. The summed E-state index contributed by atoms with van der Waals surface area (Å²) < 4.78 is 36.2. The molecule has 47 heavy (non-hydrogen) atoms. The number of fused-ring (bicyclic) bond motifs is 1. The van der Waals surface area contributed by atoms with Crippen molar-refractivity contribution < 1.29 is 23.1 Å². The molecule has 1 amide bonds. The number of carbonyl (C=O) groups is 2. The van der Waals surface area contributed by atoms with Crippen molar-refractivity contribution in [1.29, 1.82) is 0 Å². The molecule has 4 heterocycles. The fourth-order valence-electron chi connectivity index (χ4n) is 6.57. The molecule has 0 aliphatic carbocycles. The van der Waals surface area contributed by atoms with E-state index in [1.807, 2.05) is 43.2 Å². The fraction of sp³-hybridized carbons (Fsp3) is 0.429. The van der Waals surface area contributed by atoms with Gasteiger partial charge in [-0.3, -0.25) is 14.5 Å². The zero-order valence-electron chi connectivity index (χ0n) is 26.9. The Morgan fingerprint density at radius 2 is 2.02 bits per heavy atom. The van der Waals surface area contributed by atoms with Crippen LogP contribution in [0.5, 0.6) is 5.75 Å². The number of benzene rings is 2. The maximum atomic E-state index is 14.9. The van der Waals surface area contributed by atoms with E-state index in [1.165, 1.54) is 34.6 Å². The number of halogens is 2. The number of unbranched alkanes of at least 4 members (excludes halogenated alkanes) is 1. The summed E-state index contributed by atoms with van der Waals surface area (Å²) in [4.78, 5) is 35.1. The van der Waals surface area contributed by atoms with E-state index in [0.717, 1.165) is 41.8 Å². The van der Waals surface area contributed by atoms with E-state index in [1.54, 1.807) is 24.3 Å². The number of nitrogens with one attached hydrogen (secondary N) is 1. The molecule has 3 atom stereocenters. The van der Waals surface area contributed by atoms with E-state index in [0.29, 0.717) is 36.7 Å². The molecule has 2 aromatic heterocycles. The normalized spacial score (nSPS) is 21.4. The van der Waals surface area contributed by atoms with Crippen LogP contribution in [0.3, 0.4) is 0 Å². The molecular weight excluding hydrogens is 622 g/mol. The summed E-state index contributed by atoms with van der Waals surface area (Å²) >= 11 is 1.49. The van der Waals surface area contributed by atoms with Gasteiger partial charge in [0.25, 0.3) is 5.91 Å². The Hall–Kier alpha value is -4.03. The minimum Gasteiger partial charge on any atom is -0.427 e. The molecular formula is C35H40F2N6O3S. The number of carbonyl (C=O) groups excluding carboxylic acids is 2. The first-order chi connectivity index (χ1) is 22.6. The first kappa shape index (κ1) is 32.9. The lowest BCUT2D eigenvalue weighted by Gasteiger charge is -2.27. The van der Waals surface area contributed by atoms with E-state index < -0.39 is 17.8 Å². The maximum absolute atomic E-state index is 14.9. The molecule has 0 spiro atoms. The van der Waals surface area contributed by atoms with Gasteiger partial charge in [0.1, 0.15) is 23.6 Å². The van der Waals surface area contributed by atoms with Crippen LogP contribution in [0.15, 0.2) is 65.7 Å². The van der Waals surface area contributed by atoms with Gasteiger partial charge in [-0.2, -0.15) is 0 Å². The molecule has 2 fully saturated rings. The molecule has 2 aliphatic heterocycles. The van der Waals surface area contributed by atoms with Gasteiger partial charge in [-0.05, 0) is 79.6 Å². The van der Waals surface area contributed by atoms with Crippen molar-refractivity contribution in [1.82, 2.24) is 24.8 Å². The monoisotopic (exact) mass is 662 g/mol. The summed E-state index contributed by atoms with van der Waals surface area (Å²) in [6, 6.07) is 15.3. The van der Waals surface area contributed by atoms with Crippen LogP contribution in [0, 0.1) is 5.82 Å². The zero-order valence-corrected chi connectivity index (χ0v) is 27.7. The number of amides is 1. The third-order valence-corrected chi connectivity index (χ3v) is 9.73. The highest BCUT2D eigenvalue weighted by Crippen LogP contribution is 2.40. The fourth-order valence-corrected chi connectivity index (χ4v) is 7.21. The van der Waals surface area contributed by atoms with Crippen molar-refractivity contribution in [3.8, 4) is 5.75 Å². The number of alkyl halides is 1. The predicted molar refractivity (Wildman–Crippen MR) is 178 cm³/mol. The van der Waals surface area contributed by atoms with E-state index in [-0.39, 0.29) is 36.4 Å². The van der Waals surface area contributed by atoms with Crippen molar-refractivity contribution in [3.05, 3.63) is 83.4 Å². The number of imidazole rings is 1. The summed E-state index contributed by atoms with van der Waals surface area (Å²) in [6.45, 7) is 6.25. The van der Waals surface area contributed by atoms with Crippen LogP contribution < -0.4 is 15.0 Å². The van der Waals surface area contributed by atoms with Gasteiger partial charge in [0, 0.05) is 37.4 Å². The Morgan fingerprint density at radius 1 is 1.17 bits per heavy atom. The van der Waals surface area contributed by atoms with Gasteiger partial charge in [-0.1, -0.05) is 25.5 Å². The predicted octanol–water partition coefficient (Wildman–Crippen LogP) is 6.37. The van der Waals surface area contributed by atoms with E-state index in [4.69, 9.17) is 9.84 Å². The van der Waals surface area contributed by atoms with Crippen molar-refractivity contribution >= 4 is 35.1 Å². The number of ether oxygens (including phenoxy) is 1. The summed E-state index contributed by atoms with van der Waals surface area (Å²) in [6.07, 6.45) is 5.43. The third-order valence-electron chi connectivity index (χ3n) is 8.91. The van der Waals surface area contributed by atoms with Gasteiger partial charge in [-0.25, -0.2) is 18.3 Å². The minimum absolute atomic E-state index is 0.113. The molecule has 0 radical (unpaired) electrons. The highest BCUT2D eigenvalue weighted by molar-refractivity contribution is 7.98. The summed E-state index contributed by atoms with van der Waals surface area (Å²) in [5.41, 5.74) is 2.04. The molecule has 12 heteroatoms. The Balaban J connectivity index is 1.15. The van der Waals surface area contributed by atoms with E-state index in [9.17, 15) is 18.4 Å². The minimum atomic E-state index is -1.10. The number of aromatic nitrogens is 3. The summed E-state index contributed by atoms with van der Waals surface area (Å²) in [7, 11) is 0. The van der Waals surface area contributed by atoms with Gasteiger partial charge in [0.15, 0.2) is 11.3 Å². The largest absolute Gasteiger partial charge is 0.427 e. The average molecular weight is 663 g/mol. The first-order valence-corrected chi connectivity index (χ1v) is 17.3. The van der Waals surface area contributed by atoms with Gasteiger partial charge in [0.05, 0.1) is 24.3 Å². The molecule has 1 N–H and O–H groups in total. The van der Waals surface area contributed by atoms with Crippen LogP contribution in [0.1, 0.15) is 73.6 Å². The second-order valence-electron chi connectivity index (χ2n) is 12.7. The second kappa shape index (κ2) is 14.0. The molecule has 2 aromatic carbocycles. The van der Waals surface area contributed by atoms with Gasteiger partial charge in [0.2, 0.25) is 0 Å². The second-order valence-corrected chi connectivity index (χ2v) is 13.5. The Labute approximate surface area is 277 Å². The van der Waals surface area contributed by atoms with Crippen molar-refractivity contribution in [2.24, 2.45) is 0 Å². The van der Waals surface area contributed by atoms with Crippen LogP contribution >= 0.6 is 11.8 Å². The van der Waals surface area contributed by atoms with E-state index >= 15 is 0 Å². The molecule has 9 nitrogen and oxygen atoms in total. The Kier molecular flexibility index (Phi) is 9.79. The molecule has 248 valence electrons. The Bertz CT molecular complexity index is 1770. The van der Waals surface area contributed by atoms with Crippen LogP contribution in [-0.2, 0) is 11.3 Å². The van der Waals surface area contributed by atoms with Crippen molar-refractivity contribution in [3.63, 3.8) is 0 Å². The molecule has 0 unspecified atom stereocenters. The average Bonchev–Trinajstić information content (AvgIpc) is 3.76. The van der Waals surface area contributed by atoms with Crippen LogP contribution in [0.2, 0.25) is 0 Å². The zero-order chi connectivity index (χ0) is 33.1. The molecule has 4 aromatic rings. The number of nitrogens with zero attached hydrogens (tertiary/aromatic N) is 5. The van der Waals surface area contributed by atoms with Crippen molar-refractivity contribution in [2.45, 2.75) is 75.1 Å². The van der Waals surface area contributed by atoms with Gasteiger partial charge >= 0.3 is 5.97 Å². The summed E-state index contributed by atoms with van der Waals surface area (Å²) in [5.74, 6) is 0.137. The highest BCUT2D eigenvalue weighted by atomic mass is 32.2. The quantitative estimate of drug-likeness (QED) is 0.113. The summed E-state index contributed by atoms with van der Waals surface area (Å²) in [5, 5.41) is 7.95. The number of likely N-dealkylation sites (tertiary alicyclic amines) is 1. The van der Waals surface area contributed by atoms with Crippen molar-refractivity contribution in [2.75, 3.05) is 30.8 Å². The highest BCUT2D eigenvalue weighted by Gasteiger charge is 2.37. The lowest BCUT2D eigenvalue weighted by atomic mass is 10.0. The topological polar surface area (TPSA) is 92.1 Å².